The first kappa shape index (κ1) is 13.6. The molecule has 1 saturated carbocycles. The molecule has 0 bridgehead atoms. The Balaban J connectivity index is 1.83. The largest absolute Gasteiger partial charge is 0.347 e. The normalized spacial score (nSPS) is 14.6. The summed E-state index contributed by atoms with van der Waals surface area (Å²) in [5.41, 5.74) is 2.92. The van der Waals surface area contributed by atoms with Crippen LogP contribution in [-0.4, -0.2) is 18.4 Å². The van der Waals surface area contributed by atoms with E-state index in [4.69, 9.17) is 0 Å². The van der Waals surface area contributed by atoms with Gasteiger partial charge < -0.3 is 10.6 Å². The Hall–Kier alpha value is -1.84. The first-order chi connectivity index (χ1) is 9.06. The molecule has 102 valence electrons. The molecule has 1 aliphatic carbocycles. The smallest absolute Gasteiger partial charge is 0.243 e. The van der Waals surface area contributed by atoms with Gasteiger partial charge in [0.15, 0.2) is 0 Å². The number of benzene rings is 1. The molecule has 0 saturated heterocycles. The van der Waals surface area contributed by atoms with Crippen molar-refractivity contribution in [2.45, 2.75) is 33.1 Å². The molecule has 1 aliphatic rings. The molecule has 1 aromatic rings. The Bertz CT molecular complexity index is 493. The summed E-state index contributed by atoms with van der Waals surface area (Å²) in [7, 11) is 0. The number of rotatable bonds is 4. The predicted molar refractivity (Wildman–Crippen MR) is 74.9 cm³/mol. The van der Waals surface area contributed by atoms with Crippen molar-refractivity contribution >= 4 is 17.5 Å². The zero-order chi connectivity index (χ0) is 13.8. The Labute approximate surface area is 113 Å². The van der Waals surface area contributed by atoms with Crippen LogP contribution in [0.2, 0.25) is 0 Å². The minimum Gasteiger partial charge on any atom is -0.347 e. The van der Waals surface area contributed by atoms with E-state index in [0.717, 1.165) is 36.1 Å². The summed E-state index contributed by atoms with van der Waals surface area (Å²) >= 11 is 0. The second-order valence-corrected chi connectivity index (χ2v) is 5.21. The molecule has 0 heterocycles. The van der Waals surface area contributed by atoms with Crippen molar-refractivity contribution in [3.8, 4) is 0 Å². The highest BCUT2D eigenvalue weighted by Crippen LogP contribution is 2.26. The van der Waals surface area contributed by atoms with Gasteiger partial charge in [0.2, 0.25) is 11.8 Å². The number of carbonyl (C=O) groups excluding carboxylic acids is 2. The van der Waals surface area contributed by atoms with Crippen LogP contribution in [-0.2, 0) is 9.59 Å². The van der Waals surface area contributed by atoms with Gasteiger partial charge in [0.1, 0.15) is 0 Å². The summed E-state index contributed by atoms with van der Waals surface area (Å²) in [6, 6.07) is 5.90. The van der Waals surface area contributed by atoms with Gasteiger partial charge in [-0.15, -0.1) is 0 Å². The van der Waals surface area contributed by atoms with Crippen molar-refractivity contribution in [1.29, 1.82) is 0 Å². The third-order valence-corrected chi connectivity index (χ3v) is 3.57. The van der Waals surface area contributed by atoms with Crippen LogP contribution in [0.1, 0.15) is 30.4 Å². The molecule has 4 nitrogen and oxygen atoms in total. The van der Waals surface area contributed by atoms with Gasteiger partial charge in [-0.2, -0.15) is 0 Å². The molecule has 0 atom stereocenters. The number of nitrogens with one attached hydrogen (secondary N) is 2. The van der Waals surface area contributed by atoms with Crippen LogP contribution >= 0.6 is 0 Å². The van der Waals surface area contributed by atoms with E-state index < -0.39 is 0 Å². The minimum absolute atomic E-state index is 0.00219. The fraction of sp³-hybridized carbons (Fsp3) is 0.467. The van der Waals surface area contributed by atoms with E-state index in [1.165, 1.54) is 0 Å². The van der Waals surface area contributed by atoms with Crippen LogP contribution < -0.4 is 10.6 Å². The van der Waals surface area contributed by atoms with E-state index in [1.807, 2.05) is 32.0 Å². The van der Waals surface area contributed by atoms with Crippen molar-refractivity contribution in [3.63, 3.8) is 0 Å². The second-order valence-electron chi connectivity index (χ2n) is 5.21. The van der Waals surface area contributed by atoms with Crippen LogP contribution in [0.15, 0.2) is 18.2 Å². The standard InChI is InChI=1S/C15H20N2O2/c1-10-6-7-11(2)13(8-10)17-14(18)9-16-15(19)12-4-3-5-12/h6-8,12H,3-5,9H2,1-2H3,(H,16,19)(H,17,18). The van der Waals surface area contributed by atoms with E-state index in [0.29, 0.717) is 0 Å². The van der Waals surface area contributed by atoms with Gasteiger partial charge in [-0.3, -0.25) is 9.59 Å². The van der Waals surface area contributed by atoms with Crippen LogP contribution in [0.3, 0.4) is 0 Å². The van der Waals surface area contributed by atoms with Gasteiger partial charge in [-0.25, -0.2) is 0 Å². The Morgan fingerprint density at radius 1 is 1.26 bits per heavy atom. The van der Waals surface area contributed by atoms with Crippen molar-refractivity contribution in [2.24, 2.45) is 5.92 Å². The summed E-state index contributed by atoms with van der Waals surface area (Å²) in [5, 5.41) is 5.52. The third-order valence-electron chi connectivity index (χ3n) is 3.57. The number of aryl methyl sites for hydroxylation is 2. The Morgan fingerprint density at radius 3 is 2.63 bits per heavy atom. The highest BCUT2D eigenvalue weighted by atomic mass is 16.2. The van der Waals surface area contributed by atoms with E-state index >= 15 is 0 Å². The van der Waals surface area contributed by atoms with Crippen LogP contribution in [0.4, 0.5) is 5.69 Å². The highest BCUT2D eigenvalue weighted by Gasteiger charge is 2.25. The van der Waals surface area contributed by atoms with Crippen LogP contribution in [0.5, 0.6) is 0 Å². The first-order valence-electron chi connectivity index (χ1n) is 6.71. The molecule has 0 spiro atoms. The SMILES string of the molecule is Cc1ccc(C)c(NC(=O)CNC(=O)C2CCC2)c1. The van der Waals surface area contributed by atoms with Crippen molar-refractivity contribution in [2.75, 3.05) is 11.9 Å². The molecule has 0 aromatic heterocycles. The second kappa shape index (κ2) is 5.87. The van der Waals surface area contributed by atoms with Crippen LogP contribution in [0.25, 0.3) is 0 Å². The van der Waals surface area contributed by atoms with Crippen molar-refractivity contribution in [1.82, 2.24) is 5.32 Å². The molecule has 0 unspecified atom stereocenters. The first-order valence-corrected chi connectivity index (χ1v) is 6.71. The quantitative estimate of drug-likeness (QED) is 0.871. The zero-order valence-corrected chi connectivity index (χ0v) is 11.5. The average Bonchev–Trinajstić information content (AvgIpc) is 2.29. The molecular formula is C15H20N2O2. The molecule has 2 amide bonds. The molecule has 0 aliphatic heterocycles. The van der Waals surface area contributed by atoms with Gasteiger partial charge in [-0.1, -0.05) is 18.6 Å². The van der Waals surface area contributed by atoms with Gasteiger partial charge in [-0.05, 0) is 43.9 Å². The third kappa shape index (κ3) is 3.56. The van der Waals surface area contributed by atoms with E-state index in [-0.39, 0.29) is 24.3 Å². The molecule has 1 fully saturated rings. The maximum atomic E-state index is 11.8. The Morgan fingerprint density at radius 2 is 2.00 bits per heavy atom. The molecular weight excluding hydrogens is 240 g/mol. The number of amides is 2. The summed E-state index contributed by atoms with van der Waals surface area (Å²) < 4.78 is 0. The predicted octanol–water partition coefficient (Wildman–Crippen LogP) is 2.16. The lowest BCUT2D eigenvalue weighted by Crippen LogP contribution is -2.39. The van der Waals surface area contributed by atoms with E-state index in [1.54, 1.807) is 0 Å². The van der Waals surface area contributed by atoms with Crippen LogP contribution in [0, 0.1) is 19.8 Å². The molecule has 0 radical (unpaired) electrons. The Kier molecular flexibility index (Phi) is 4.20. The van der Waals surface area contributed by atoms with Crippen molar-refractivity contribution < 1.29 is 9.59 Å². The summed E-state index contributed by atoms with van der Waals surface area (Å²) in [6.07, 6.45) is 3.02. The van der Waals surface area contributed by atoms with Gasteiger partial charge in [0.25, 0.3) is 0 Å². The fourth-order valence-corrected chi connectivity index (χ4v) is 2.05. The molecule has 2 rings (SSSR count). The van der Waals surface area contributed by atoms with Gasteiger partial charge in [0.05, 0.1) is 6.54 Å². The van der Waals surface area contributed by atoms with Gasteiger partial charge >= 0.3 is 0 Å². The lowest BCUT2D eigenvalue weighted by molar-refractivity contribution is -0.129. The molecule has 4 heteroatoms. The van der Waals surface area contributed by atoms with E-state index in [9.17, 15) is 9.59 Å². The minimum atomic E-state index is -0.179. The molecule has 1 aromatic carbocycles. The number of hydrogen-bond donors (Lipinski definition) is 2. The maximum Gasteiger partial charge on any atom is 0.243 e. The lowest BCUT2D eigenvalue weighted by Gasteiger charge is -2.23. The molecule has 19 heavy (non-hydrogen) atoms. The summed E-state index contributed by atoms with van der Waals surface area (Å²) in [4.78, 5) is 23.4. The summed E-state index contributed by atoms with van der Waals surface area (Å²) in [6.45, 7) is 3.97. The lowest BCUT2D eigenvalue weighted by atomic mass is 9.85. The van der Waals surface area contributed by atoms with E-state index in [2.05, 4.69) is 10.6 Å². The molecule has 2 N–H and O–H groups in total. The fourth-order valence-electron chi connectivity index (χ4n) is 2.05. The number of anilines is 1. The zero-order valence-electron chi connectivity index (χ0n) is 11.5. The highest BCUT2D eigenvalue weighted by molar-refractivity contribution is 5.95. The van der Waals surface area contributed by atoms with Gasteiger partial charge in [0, 0.05) is 11.6 Å². The maximum absolute atomic E-state index is 11.8. The topological polar surface area (TPSA) is 58.2 Å². The summed E-state index contributed by atoms with van der Waals surface area (Å²) in [5.74, 6) is -0.0581. The average molecular weight is 260 g/mol. The monoisotopic (exact) mass is 260 g/mol. The number of hydrogen-bond acceptors (Lipinski definition) is 2. The van der Waals surface area contributed by atoms with Crippen molar-refractivity contribution in [3.05, 3.63) is 29.3 Å². The number of carbonyl (C=O) groups is 2.